The largest absolute Gasteiger partial charge is 0.301 e. The summed E-state index contributed by atoms with van der Waals surface area (Å²) in [4.78, 5) is 19.6. The third-order valence-corrected chi connectivity index (χ3v) is 7.04. The Balaban J connectivity index is 1.54. The maximum absolute atomic E-state index is 13.7. The van der Waals surface area contributed by atoms with E-state index in [9.17, 15) is 4.79 Å². The molecule has 1 N–H and O–H groups in total. The number of nitrogens with zero attached hydrogens (tertiary/aromatic N) is 1. The van der Waals surface area contributed by atoms with Gasteiger partial charge in [0, 0.05) is 5.56 Å². The zero-order chi connectivity index (χ0) is 24.2. The van der Waals surface area contributed by atoms with Crippen LogP contribution in [0.5, 0.6) is 0 Å². The zero-order valence-corrected chi connectivity index (χ0v) is 20.5. The molecule has 0 unspecified atom stereocenters. The third-order valence-electron chi connectivity index (χ3n) is 6.02. The molecule has 0 saturated carbocycles. The lowest BCUT2D eigenvalue weighted by molar-refractivity contribution is -0.116. The highest BCUT2D eigenvalue weighted by Gasteiger charge is 2.24. The molecule has 35 heavy (non-hydrogen) atoms. The van der Waals surface area contributed by atoms with Gasteiger partial charge in [0.05, 0.1) is 16.5 Å². The van der Waals surface area contributed by atoms with Crippen LogP contribution in [0.4, 0.5) is 5.13 Å². The van der Waals surface area contributed by atoms with Crippen LogP contribution in [0, 0.1) is 13.8 Å². The van der Waals surface area contributed by atoms with Crippen LogP contribution in [0.3, 0.4) is 0 Å². The van der Waals surface area contributed by atoms with E-state index in [4.69, 9.17) is 4.98 Å². The Labute approximate surface area is 210 Å². The normalized spacial score (nSPS) is 10.9. The number of benzene rings is 4. The van der Waals surface area contributed by atoms with Gasteiger partial charge >= 0.3 is 0 Å². The second kappa shape index (κ2) is 10.1. The van der Waals surface area contributed by atoms with Gasteiger partial charge in [-0.25, -0.2) is 4.98 Å². The average Bonchev–Trinajstić information content (AvgIpc) is 3.30. The summed E-state index contributed by atoms with van der Waals surface area (Å²) in [6, 6.07) is 36.6. The average molecular weight is 475 g/mol. The van der Waals surface area contributed by atoms with Crippen LogP contribution >= 0.6 is 11.3 Å². The lowest BCUT2D eigenvalue weighted by Crippen LogP contribution is -2.22. The molecular weight excluding hydrogens is 448 g/mol. The number of aromatic nitrogens is 1. The molecule has 172 valence electrons. The van der Waals surface area contributed by atoms with Crippen molar-refractivity contribution in [1.82, 2.24) is 4.98 Å². The summed E-state index contributed by atoms with van der Waals surface area (Å²) in [7, 11) is 0. The third kappa shape index (κ3) is 5.08. The molecule has 0 radical (unpaired) electrons. The van der Waals surface area contributed by atoms with Gasteiger partial charge in [0.25, 0.3) is 0 Å². The SMILES string of the molecule is Cc1ccc(-c2nc(NC(=O)C(c3ccccc3)c3ccccc3)sc2-c2ccc(C)cc2)cc1. The lowest BCUT2D eigenvalue weighted by Gasteiger charge is -2.17. The van der Waals surface area contributed by atoms with Gasteiger partial charge in [0.15, 0.2) is 5.13 Å². The predicted molar refractivity (Wildman–Crippen MR) is 146 cm³/mol. The number of anilines is 1. The summed E-state index contributed by atoms with van der Waals surface area (Å²) < 4.78 is 0. The van der Waals surface area contributed by atoms with Crippen molar-refractivity contribution in [2.24, 2.45) is 0 Å². The van der Waals surface area contributed by atoms with Gasteiger partial charge in [0.1, 0.15) is 0 Å². The van der Waals surface area contributed by atoms with E-state index in [0.717, 1.165) is 32.8 Å². The number of aryl methyl sites for hydroxylation is 2. The molecule has 4 aromatic carbocycles. The van der Waals surface area contributed by atoms with Crippen LogP contribution in [0.1, 0.15) is 28.2 Å². The molecule has 0 aliphatic carbocycles. The molecule has 5 aromatic rings. The van der Waals surface area contributed by atoms with Crippen molar-refractivity contribution in [2.45, 2.75) is 19.8 Å². The highest BCUT2D eigenvalue weighted by Crippen LogP contribution is 2.40. The zero-order valence-electron chi connectivity index (χ0n) is 19.7. The monoisotopic (exact) mass is 474 g/mol. The first-order valence-electron chi connectivity index (χ1n) is 11.6. The van der Waals surface area contributed by atoms with Crippen LogP contribution in [0.15, 0.2) is 109 Å². The first-order chi connectivity index (χ1) is 17.1. The van der Waals surface area contributed by atoms with E-state index in [1.54, 1.807) is 0 Å². The quantitative estimate of drug-likeness (QED) is 0.272. The molecule has 5 rings (SSSR count). The number of thiazole rings is 1. The van der Waals surface area contributed by atoms with Crippen molar-refractivity contribution in [1.29, 1.82) is 0 Å². The fourth-order valence-corrected chi connectivity index (χ4v) is 5.14. The Morgan fingerprint density at radius 1 is 0.686 bits per heavy atom. The van der Waals surface area contributed by atoms with Gasteiger partial charge in [-0.3, -0.25) is 4.79 Å². The Hall–Kier alpha value is -4.02. The first kappa shape index (κ1) is 22.8. The Kier molecular flexibility index (Phi) is 6.55. The summed E-state index contributed by atoms with van der Waals surface area (Å²) >= 11 is 1.51. The molecule has 0 spiro atoms. The first-order valence-corrected chi connectivity index (χ1v) is 12.5. The lowest BCUT2D eigenvalue weighted by atomic mass is 9.90. The Bertz CT molecular complexity index is 1320. The molecular formula is C31H26N2OS. The Morgan fingerprint density at radius 2 is 1.17 bits per heavy atom. The van der Waals surface area contributed by atoms with Gasteiger partial charge in [-0.15, -0.1) is 0 Å². The van der Waals surface area contributed by atoms with E-state index in [0.29, 0.717) is 5.13 Å². The molecule has 1 aromatic heterocycles. The number of carbonyl (C=O) groups is 1. The second-order valence-electron chi connectivity index (χ2n) is 8.67. The van der Waals surface area contributed by atoms with Crippen LogP contribution in [-0.2, 0) is 4.79 Å². The number of hydrogen-bond acceptors (Lipinski definition) is 3. The molecule has 3 nitrogen and oxygen atoms in total. The molecule has 0 aliphatic rings. The number of hydrogen-bond donors (Lipinski definition) is 1. The fourth-order valence-electron chi connectivity index (χ4n) is 4.15. The minimum absolute atomic E-state index is 0.0953. The highest BCUT2D eigenvalue weighted by molar-refractivity contribution is 7.19. The number of amides is 1. The molecule has 0 aliphatic heterocycles. The Morgan fingerprint density at radius 3 is 1.69 bits per heavy atom. The van der Waals surface area contributed by atoms with Gasteiger partial charge in [0.2, 0.25) is 5.91 Å². The highest BCUT2D eigenvalue weighted by atomic mass is 32.1. The minimum Gasteiger partial charge on any atom is -0.301 e. The summed E-state index contributed by atoms with van der Waals surface area (Å²) in [5.41, 5.74) is 7.30. The predicted octanol–water partition coefficient (Wildman–Crippen LogP) is 7.86. The molecule has 1 amide bonds. The molecule has 0 saturated heterocycles. The topological polar surface area (TPSA) is 42.0 Å². The molecule has 4 heteroatoms. The number of nitrogens with one attached hydrogen (secondary N) is 1. The fraction of sp³-hybridized carbons (Fsp3) is 0.0968. The second-order valence-corrected chi connectivity index (χ2v) is 9.67. The number of rotatable bonds is 6. The van der Waals surface area contributed by atoms with Crippen molar-refractivity contribution in [2.75, 3.05) is 5.32 Å². The van der Waals surface area contributed by atoms with Crippen LogP contribution in [0.25, 0.3) is 21.7 Å². The molecule has 0 fully saturated rings. The van der Waals surface area contributed by atoms with E-state index in [-0.39, 0.29) is 5.91 Å². The van der Waals surface area contributed by atoms with Crippen LogP contribution in [-0.4, -0.2) is 10.9 Å². The van der Waals surface area contributed by atoms with Gasteiger partial charge in [-0.2, -0.15) is 0 Å². The maximum Gasteiger partial charge on any atom is 0.238 e. The minimum atomic E-state index is -0.424. The van der Waals surface area contributed by atoms with E-state index < -0.39 is 5.92 Å². The van der Waals surface area contributed by atoms with Crippen molar-refractivity contribution >= 4 is 22.4 Å². The van der Waals surface area contributed by atoms with E-state index in [1.165, 1.54) is 22.5 Å². The number of carbonyl (C=O) groups excluding carboxylic acids is 1. The summed E-state index contributed by atoms with van der Waals surface area (Å²) in [6.45, 7) is 4.15. The van der Waals surface area contributed by atoms with E-state index in [1.807, 2.05) is 60.7 Å². The van der Waals surface area contributed by atoms with E-state index in [2.05, 4.69) is 67.7 Å². The summed E-state index contributed by atoms with van der Waals surface area (Å²) in [5, 5.41) is 3.73. The van der Waals surface area contributed by atoms with Crippen molar-refractivity contribution in [3.8, 4) is 21.7 Å². The van der Waals surface area contributed by atoms with Gasteiger partial charge in [-0.1, -0.05) is 132 Å². The maximum atomic E-state index is 13.7. The van der Waals surface area contributed by atoms with Crippen LogP contribution in [0.2, 0.25) is 0 Å². The van der Waals surface area contributed by atoms with Gasteiger partial charge < -0.3 is 5.32 Å². The van der Waals surface area contributed by atoms with Crippen molar-refractivity contribution < 1.29 is 4.79 Å². The van der Waals surface area contributed by atoms with Crippen LogP contribution < -0.4 is 5.32 Å². The molecule has 1 heterocycles. The summed E-state index contributed by atoms with van der Waals surface area (Å²) in [6.07, 6.45) is 0. The standard InChI is InChI=1S/C31H26N2OS/c1-21-13-17-25(18-14-21)28-29(26-19-15-22(2)16-20-26)35-31(32-28)33-30(34)27(23-9-5-3-6-10-23)24-11-7-4-8-12-24/h3-20,27H,1-2H3,(H,32,33,34). The van der Waals surface area contributed by atoms with Gasteiger partial charge in [-0.05, 0) is 30.5 Å². The van der Waals surface area contributed by atoms with E-state index >= 15 is 0 Å². The molecule has 0 atom stereocenters. The van der Waals surface area contributed by atoms with Crippen molar-refractivity contribution in [3.05, 3.63) is 131 Å². The van der Waals surface area contributed by atoms with Crippen molar-refractivity contribution in [3.63, 3.8) is 0 Å². The smallest absolute Gasteiger partial charge is 0.238 e. The molecule has 0 bridgehead atoms. The summed E-state index contributed by atoms with van der Waals surface area (Å²) in [5.74, 6) is -0.519.